The number of benzene rings is 1. The number of nitrogens with two attached hydrogens (primary N) is 1. The number of halogens is 4. The van der Waals surface area contributed by atoms with Crippen LogP contribution in [0.25, 0.3) is 0 Å². The predicted octanol–water partition coefficient (Wildman–Crippen LogP) is 2.92. The summed E-state index contributed by atoms with van der Waals surface area (Å²) < 4.78 is 64.5. The van der Waals surface area contributed by atoms with Crippen LogP contribution in [0.2, 0.25) is 0 Å². The lowest BCUT2D eigenvalue weighted by Gasteiger charge is -2.19. The second-order valence-electron chi connectivity index (χ2n) is 5.64. The van der Waals surface area contributed by atoms with E-state index in [0.717, 1.165) is 12.1 Å². The monoisotopic (exact) mass is 374 g/mol. The van der Waals surface area contributed by atoms with Gasteiger partial charge in [-0.05, 0) is 24.0 Å². The molecule has 0 aliphatic heterocycles. The van der Waals surface area contributed by atoms with Crippen molar-refractivity contribution >= 4 is 22.4 Å². The van der Waals surface area contributed by atoms with Crippen LogP contribution < -0.4 is 10.5 Å². The predicted molar refractivity (Wildman–Crippen MR) is 86.7 cm³/mol. The molecule has 0 aliphatic carbocycles. The maximum absolute atomic E-state index is 12.6. The van der Waals surface area contributed by atoms with E-state index in [4.69, 9.17) is 5.73 Å². The summed E-state index contributed by atoms with van der Waals surface area (Å²) in [7, 11) is -3.75. The van der Waals surface area contributed by atoms with Crippen LogP contribution in [0.4, 0.5) is 13.2 Å². The Morgan fingerprint density at radius 2 is 1.87 bits per heavy atom. The van der Waals surface area contributed by atoms with Gasteiger partial charge in [0, 0.05) is 12.6 Å². The summed E-state index contributed by atoms with van der Waals surface area (Å²) in [6.07, 6.45) is -3.93. The molecule has 0 spiro atoms. The Morgan fingerprint density at radius 3 is 2.35 bits per heavy atom. The highest BCUT2D eigenvalue weighted by atomic mass is 35.5. The molecule has 9 heteroatoms. The van der Waals surface area contributed by atoms with Gasteiger partial charge in [-0.1, -0.05) is 32.0 Å². The molecule has 23 heavy (non-hydrogen) atoms. The Bertz CT molecular complexity index is 592. The third-order valence-corrected chi connectivity index (χ3v) is 4.40. The van der Waals surface area contributed by atoms with E-state index >= 15 is 0 Å². The van der Waals surface area contributed by atoms with E-state index in [1.54, 1.807) is 0 Å². The SMILES string of the molecule is CC(C)CC(CN)NS(=O)(=O)Cc1cccc(C(F)(F)F)c1.Cl. The molecule has 134 valence electrons. The normalized spacial score (nSPS) is 13.7. The zero-order valence-corrected chi connectivity index (χ0v) is 14.6. The van der Waals surface area contributed by atoms with E-state index in [0.29, 0.717) is 6.42 Å². The summed E-state index contributed by atoms with van der Waals surface area (Å²) >= 11 is 0. The number of hydrogen-bond acceptors (Lipinski definition) is 3. The van der Waals surface area contributed by atoms with Crippen molar-refractivity contribution in [3.63, 3.8) is 0 Å². The minimum Gasteiger partial charge on any atom is -0.329 e. The Morgan fingerprint density at radius 1 is 1.26 bits per heavy atom. The Kier molecular flexibility index (Phi) is 8.54. The Balaban J connectivity index is 0.00000484. The quantitative estimate of drug-likeness (QED) is 0.770. The van der Waals surface area contributed by atoms with Crippen LogP contribution in [-0.2, 0) is 22.0 Å². The van der Waals surface area contributed by atoms with Crippen LogP contribution >= 0.6 is 12.4 Å². The largest absolute Gasteiger partial charge is 0.416 e. The van der Waals surface area contributed by atoms with Crippen LogP contribution in [0, 0.1) is 5.92 Å². The van der Waals surface area contributed by atoms with Crippen molar-refractivity contribution in [2.45, 2.75) is 38.2 Å². The van der Waals surface area contributed by atoms with Gasteiger partial charge in [0.15, 0.2) is 0 Å². The number of hydrogen-bond donors (Lipinski definition) is 2. The molecule has 1 unspecified atom stereocenters. The van der Waals surface area contributed by atoms with E-state index < -0.39 is 33.6 Å². The summed E-state index contributed by atoms with van der Waals surface area (Å²) in [6.45, 7) is 4.01. The molecular weight excluding hydrogens is 353 g/mol. The maximum Gasteiger partial charge on any atom is 0.416 e. The summed E-state index contributed by atoms with van der Waals surface area (Å²) in [5, 5.41) is 0. The molecule has 1 rings (SSSR count). The maximum atomic E-state index is 12.6. The molecule has 0 heterocycles. The van der Waals surface area contributed by atoms with Crippen molar-refractivity contribution in [2.75, 3.05) is 6.54 Å². The molecule has 3 N–H and O–H groups in total. The molecule has 1 aromatic carbocycles. The van der Waals surface area contributed by atoms with Gasteiger partial charge in [-0.2, -0.15) is 13.2 Å². The fourth-order valence-electron chi connectivity index (χ4n) is 2.11. The van der Waals surface area contributed by atoms with Gasteiger partial charge < -0.3 is 5.73 Å². The molecule has 0 fully saturated rings. The van der Waals surface area contributed by atoms with Gasteiger partial charge in [-0.15, -0.1) is 12.4 Å². The van der Waals surface area contributed by atoms with E-state index in [2.05, 4.69) is 4.72 Å². The lowest BCUT2D eigenvalue weighted by molar-refractivity contribution is -0.137. The van der Waals surface area contributed by atoms with Crippen molar-refractivity contribution in [1.29, 1.82) is 0 Å². The first-order chi connectivity index (χ1) is 10.0. The van der Waals surface area contributed by atoms with Gasteiger partial charge in [-0.3, -0.25) is 0 Å². The second-order valence-corrected chi connectivity index (χ2v) is 7.39. The van der Waals surface area contributed by atoms with Crippen molar-refractivity contribution in [1.82, 2.24) is 4.72 Å². The molecular formula is C14H22ClF3N2O2S. The zero-order chi connectivity index (χ0) is 17.0. The topological polar surface area (TPSA) is 72.2 Å². The van der Waals surface area contributed by atoms with Gasteiger partial charge in [0.1, 0.15) is 0 Å². The molecule has 1 atom stereocenters. The number of nitrogens with one attached hydrogen (secondary N) is 1. The Hall–Kier alpha value is -0.830. The molecule has 1 aromatic rings. The van der Waals surface area contributed by atoms with Crippen LogP contribution in [0.5, 0.6) is 0 Å². The van der Waals surface area contributed by atoms with Gasteiger partial charge in [0.2, 0.25) is 10.0 Å². The Labute approximate surface area is 141 Å². The fourth-order valence-corrected chi connectivity index (χ4v) is 3.52. The lowest BCUT2D eigenvalue weighted by Crippen LogP contribution is -2.41. The molecule has 0 saturated heterocycles. The molecule has 4 nitrogen and oxygen atoms in total. The summed E-state index contributed by atoms with van der Waals surface area (Å²) in [6, 6.07) is 3.89. The van der Waals surface area contributed by atoms with E-state index in [9.17, 15) is 21.6 Å². The standard InChI is InChI=1S/C14H21F3N2O2S.ClH/c1-10(2)6-13(8-18)19-22(20,21)9-11-4-3-5-12(7-11)14(15,16)17;/h3-5,7,10,13,19H,6,8-9,18H2,1-2H3;1H. The molecule has 0 radical (unpaired) electrons. The van der Waals surface area contributed by atoms with E-state index in [-0.39, 0.29) is 30.4 Å². The summed E-state index contributed by atoms with van der Waals surface area (Å²) in [5.41, 5.74) is 4.75. The number of rotatable bonds is 7. The average molecular weight is 375 g/mol. The van der Waals surface area contributed by atoms with E-state index in [1.165, 1.54) is 12.1 Å². The van der Waals surface area contributed by atoms with Gasteiger partial charge >= 0.3 is 6.18 Å². The van der Waals surface area contributed by atoms with Crippen LogP contribution in [0.15, 0.2) is 24.3 Å². The van der Waals surface area contributed by atoms with Crippen molar-refractivity contribution in [3.8, 4) is 0 Å². The lowest BCUT2D eigenvalue weighted by atomic mass is 10.1. The fraction of sp³-hybridized carbons (Fsp3) is 0.571. The highest BCUT2D eigenvalue weighted by Crippen LogP contribution is 2.29. The first-order valence-corrected chi connectivity index (χ1v) is 8.55. The smallest absolute Gasteiger partial charge is 0.329 e. The molecule has 0 amide bonds. The van der Waals surface area contributed by atoms with Gasteiger partial charge in [0.25, 0.3) is 0 Å². The molecule has 0 aromatic heterocycles. The first kappa shape index (κ1) is 22.2. The average Bonchev–Trinajstić information content (AvgIpc) is 2.35. The van der Waals surface area contributed by atoms with Crippen LogP contribution in [-0.4, -0.2) is 21.0 Å². The van der Waals surface area contributed by atoms with Crippen molar-refractivity contribution in [2.24, 2.45) is 11.7 Å². The van der Waals surface area contributed by atoms with Crippen molar-refractivity contribution < 1.29 is 21.6 Å². The van der Waals surface area contributed by atoms with Gasteiger partial charge in [-0.25, -0.2) is 13.1 Å². The zero-order valence-electron chi connectivity index (χ0n) is 12.9. The second kappa shape index (κ2) is 8.86. The highest BCUT2D eigenvalue weighted by Gasteiger charge is 2.30. The third-order valence-electron chi connectivity index (χ3n) is 3.00. The number of sulfonamides is 1. The third kappa shape index (κ3) is 8.01. The molecule has 0 saturated carbocycles. The first-order valence-electron chi connectivity index (χ1n) is 6.89. The van der Waals surface area contributed by atoms with Crippen molar-refractivity contribution in [3.05, 3.63) is 35.4 Å². The summed E-state index contributed by atoms with van der Waals surface area (Å²) in [5.74, 6) is -0.254. The highest BCUT2D eigenvalue weighted by molar-refractivity contribution is 7.88. The minimum atomic E-state index is -4.50. The van der Waals surface area contributed by atoms with Crippen LogP contribution in [0.1, 0.15) is 31.4 Å². The van der Waals surface area contributed by atoms with Gasteiger partial charge in [0.05, 0.1) is 11.3 Å². The summed E-state index contributed by atoms with van der Waals surface area (Å²) in [4.78, 5) is 0. The molecule has 0 bridgehead atoms. The van der Waals surface area contributed by atoms with E-state index in [1.807, 2.05) is 13.8 Å². The van der Waals surface area contributed by atoms with Crippen LogP contribution in [0.3, 0.4) is 0 Å². The minimum absolute atomic E-state index is 0. The number of alkyl halides is 3. The molecule has 0 aliphatic rings.